The number of rotatable bonds is 5. The normalized spacial score (nSPS) is 9.89. The Morgan fingerprint density at radius 3 is 2.68 bits per heavy atom. The molecule has 0 bridgehead atoms. The van der Waals surface area contributed by atoms with Crippen molar-refractivity contribution in [3.05, 3.63) is 54.4 Å². The zero-order valence-electron chi connectivity index (χ0n) is 10.3. The van der Waals surface area contributed by atoms with Crippen molar-refractivity contribution >= 4 is 11.7 Å². The highest BCUT2D eigenvalue weighted by molar-refractivity contribution is 5.71. The minimum Gasteiger partial charge on any atom is -0.480 e. The topological polar surface area (TPSA) is 74.4 Å². The Morgan fingerprint density at radius 1 is 1.16 bits per heavy atom. The number of carbonyl (C=O) groups is 1. The Balaban J connectivity index is 1.78. The van der Waals surface area contributed by atoms with Crippen LogP contribution in [-0.4, -0.2) is 17.6 Å². The lowest BCUT2D eigenvalue weighted by molar-refractivity contribution is -0.147. The van der Waals surface area contributed by atoms with Gasteiger partial charge in [-0.05, 0) is 24.3 Å². The van der Waals surface area contributed by atoms with Crippen molar-refractivity contribution in [1.82, 2.24) is 4.98 Å². The fourth-order valence-electron chi connectivity index (χ4n) is 1.43. The molecular formula is C14H14N2O3. The summed E-state index contributed by atoms with van der Waals surface area (Å²) in [5.41, 5.74) is 6.86. The average molecular weight is 258 g/mol. The summed E-state index contributed by atoms with van der Waals surface area (Å²) in [4.78, 5) is 15.5. The fraction of sp³-hybridized carbons (Fsp3) is 0.143. The molecule has 0 saturated heterocycles. The van der Waals surface area contributed by atoms with Crippen LogP contribution >= 0.6 is 0 Å². The second-order valence-electron chi connectivity index (χ2n) is 3.81. The van der Waals surface area contributed by atoms with Crippen LogP contribution in [-0.2, 0) is 16.1 Å². The van der Waals surface area contributed by atoms with Crippen molar-refractivity contribution in [2.24, 2.45) is 0 Å². The molecule has 0 atom stereocenters. The van der Waals surface area contributed by atoms with Gasteiger partial charge in [0.25, 0.3) is 0 Å². The van der Waals surface area contributed by atoms with E-state index in [0.29, 0.717) is 17.1 Å². The van der Waals surface area contributed by atoms with Crippen LogP contribution < -0.4 is 10.5 Å². The maximum absolute atomic E-state index is 11.5. The van der Waals surface area contributed by atoms with E-state index in [1.807, 2.05) is 6.07 Å². The first-order valence-corrected chi connectivity index (χ1v) is 5.78. The SMILES string of the molecule is Nc1ccccc1OCC(=O)OCc1ccccn1. The summed E-state index contributed by atoms with van der Waals surface area (Å²) >= 11 is 0. The molecule has 1 aromatic carbocycles. The minimum absolute atomic E-state index is 0.132. The predicted octanol–water partition coefficient (Wildman–Crippen LogP) is 1.79. The van der Waals surface area contributed by atoms with Crippen LogP contribution in [0.25, 0.3) is 0 Å². The summed E-state index contributed by atoms with van der Waals surface area (Å²) in [5, 5.41) is 0. The molecule has 0 saturated carbocycles. The number of pyridine rings is 1. The van der Waals surface area contributed by atoms with Crippen LogP contribution in [0.5, 0.6) is 5.75 Å². The maximum atomic E-state index is 11.5. The highest BCUT2D eigenvalue weighted by Gasteiger charge is 2.06. The van der Waals surface area contributed by atoms with E-state index in [1.165, 1.54) is 0 Å². The van der Waals surface area contributed by atoms with E-state index in [0.717, 1.165) is 0 Å². The summed E-state index contributed by atoms with van der Waals surface area (Å²) in [6.07, 6.45) is 1.64. The molecule has 0 amide bonds. The lowest BCUT2D eigenvalue weighted by atomic mass is 10.3. The minimum atomic E-state index is -0.464. The number of nitrogen functional groups attached to an aromatic ring is 1. The van der Waals surface area contributed by atoms with E-state index in [2.05, 4.69) is 4.98 Å². The second kappa shape index (κ2) is 6.39. The van der Waals surface area contributed by atoms with Crippen LogP contribution in [0.4, 0.5) is 5.69 Å². The number of hydrogen-bond donors (Lipinski definition) is 1. The monoisotopic (exact) mass is 258 g/mol. The molecule has 5 nitrogen and oxygen atoms in total. The van der Waals surface area contributed by atoms with Gasteiger partial charge in [-0.1, -0.05) is 18.2 Å². The number of anilines is 1. The average Bonchev–Trinajstić information content (AvgIpc) is 2.45. The van der Waals surface area contributed by atoms with Crippen molar-refractivity contribution in [2.45, 2.75) is 6.61 Å². The molecule has 0 unspecified atom stereocenters. The van der Waals surface area contributed by atoms with Crippen LogP contribution in [0.3, 0.4) is 0 Å². The maximum Gasteiger partial charge on any atom is 0.344 e. The zero-order valence-corrected chi connectivity index (χ0v) is 10.3. The van der Waals surface area contributed by atoms with Gasteiger partial charge in [0.15, 0.2) is 6.61 Å². The van der Waals surface area contributed by atoms with Crippen molar-refractivity contribution in [3.8, 4) is 5.75 Å². The standard InChI is InChI=1S/C14H14N2O3/c15-12-6-1-2-7-13(12)18-10-14(17)19-9-11-5-3-4-8-16-11/h1-8H,9-10,15H2. The molecule has 1 aromatic heterocycles. The van der Waals surface area contributed by atoms with Crippen molar-refractivity contribution < 1.29 is 14.3 Å². The first kappa shape index (κ1) is 12.9. The first-order valence-electron chi connectivity index (χ1n) is 5.78. The second-order valence-corrected chi connectivity index (χ2v) is 3.81. The van der Waals surface area contributed by atoms with E-state index in [4.69, 9.17) is 15.2 Å². The molecular weight excluding hydrogens is 244 g/mol. The van der Waals surface area contributed by atoms with Crippen molar-refractivity contribution in [1.29, 1.82) is 0 Å². The molecule has 19 heavy (non-hydrogen) atoms. The number of nitrogens with two attached hydrogens (primary N) is 1. The molecule has 0 fully saturated rings. The summed E-state index contributed by atoms with van der Waals surface area (Å²) in [7, 11) is 0. The number of ether oxygens (including phenoxy) is 2. The third-order valence-corrected chi connectivity index (χ3v) is 2.37. The number of aromatic nitrogens is 1. The summed E-state index contributed by atoms with van der Waals surface area (Å²) < 4.78 is 10.3. The van der Waals surface area contributed by atoms with E-state index < -0.39 is 5.97 Å². The van der Waals surface area contributed by atoms with Gasteiger partial charge in [-0.3, -0.25) is 4.98 Å². The van der Waals surface area contributed by atoms with Crippen LogP contribution in [0.2, 0.25) is 0 Å². The van der Waals surface area contributed by atoms with Gasteiger partial charge in [-0.15, -0.1) is 0 Å². The van der Waals surface area contributed by atoms with Gasteiger partial charge >= 0.3 is 5.97 Å². The molecule has 0 aliphatic carbocycles. The number of para-hydroxylation sites is 2. The predicted molar refractivity (Wildman–Crippen MR) is 70.4 cm³/mol. The largest absolute Gasteiger partial charge is 0.480 e. The van der Waals surface area contributed by atoms with Gasteiger partial charge in [0, 0.05) is 6.20 Å². The smallest absolute Gasteiger partial charge is 0.344 e. The van der Waals surface area contributed by atoms with Crippen molar-refractivity contribution in [3.63, 3.8) is 0 Å². The molecule has 0 aliphatic rings. The molecule has 98 valence electrons. The highest BCUT2D eigenvalue weighted by atomic mass is 16.6. The Labute approximate surface area is 111 Å². The highest BCUT2D eigenvalue weighted by Crippen LogP contribution is 2.19. The summed E-state index contributed by atoms with van der Waals surface area (Å²) in [5.74, 6) is 0.00573. The molecule has 0 spiro atoms. The Hall–Kier alpha value is -2.56. The van der Waals surface area contributed by atoms with Gasteiger partial charge in [0.2, 0.25) is 0 Å². The van der Waals surface area contributed by atoms with Gasteiger partial charge in [-0.2, -0.15) is 0 Å². The van der Waals surface area contributed by atoms with Crippen LogP contribution in [0.15, 0.2) is 48.7 Å². The van der Waals surface area contributed by atoms with E-state index in [1.54, 1.807) is 42.6 Å². The van der Waals surface area contributed by atoms with E-state index in [-0.39, 0.29) is 13.2 Å². The number of esters is 1. The lowest BCUT2D eigenvalue weighted by Gasteiger charge is -2.08. The third kappa shape index (κ3) is 3.99. The zero-order chi connectivity index (χ0) is 13.5. The molecule has 2 N–H and O–H groups in total. The first-order chi connectivity index (χ1) is 9.25. The number of benzene rings is 1. The number of hydrogen-bond acceptors (Lipinski definition) is 5. The molecule has 2 rings (SSSR count). The molecule has 0 radical (unpaired) electrons. The number of carbonyl (C=O) groups excluding carboxylic acids is 1. The van der Waals surface area contributed by atoms with Crippen LogP contribution in [0.1, 0.15) is 5.69 Å². The van der Waals surface area contributed by atoms with Gasteiger partial charge < -0.3 is 15.2 Å². The summed E-state index contributed by atoms with van der Waals surface area (Å²) in [6, 6.07) is 12.4. The van der Waals surface area contributed by atoms with Gasteiger partial charge in [-0.25, -0.2) is 4.79 Å². The van der Waals surface area contributed by atoms with Gasteiger partial charge in [0.05, 0.1) is 11.4 Å². The lowest BCUT2D eigenvalue weighted by Crippen LogP contribution is -2.15. The molecule has 1 heterocycles. The molecule has 0 aliphatic heterocycles. The quantitative estimate of drug-likeness (QED) is 0.653. The fourth-order valence-corrected chi connectivity index (χ4v) is 1.43. The molecule has 2 aromatic rings. The van der Waals surface area contributed by atoms with E-state index in [9.17, 15) is 4.79 Å². The van der Waals surface area contributed by atoms with E-state index >= 15 is 0 Å². The third-order valence-electron chi connectivity index (χ3n) is 2.37. The Bertz CT molecular complexity index is 543. The number of nitrogens with zero attached hydrogens (tertiary/aromatic N) is 1. The summed E-state index contributed by atoms with van der Waals surface area (Å²) in [6.45, 7) is -0.0473. The Morgan fingerprint density at radius 2 is 1.95 bits per heavy atom. The molecule has 5 heteroatoms. The van der Waals surface area contributed by atoms with Crippen LogP contribution in [0, 0.1) is 0 Å². The Kier molecular flexibility index (Phi) is 4.34. The van der Waals surface area contributed by atoms with Crippen molar-refractivity contribution in [2.75, 3.05) is 12.3 Å². The van der Waals surface area contributed by atoms with Gasteiger partial charge in [0.1, 0.15) is 12.4 Å².